The summed E-state index contributed by atoms with van der Waals surface area (Å²) in [5.41, 5.74) is 5.66. The lowest BCUT2D eigenvalue weighted by Crippen LogP contribution is -2.43. The number of piperidine rings is 1. The Kier molecular flexibility index (Phi) is 7.89. The lowest BCUT2D eigenvalue weighted by molar-refractivity contribution is 0.0796. The zero-order chi connectivity index (χ0) is 34.0. The van der Waals surface area contributed by atoms with Gasteiger partial charge in [-0.2, -0.15) is 20.3 Å². The van der Waals surface area contributed by atoms with Gasteiger partial charge >= 0.3 is 6.01 Å². The van der Waals surface area contributed by atoms with Crippen LogP contribution < -0.4 is 15.4 Å². The summed E-state index contributed by atoms with van der Waals surface area (Å²) in [6, 6.07) is 7.77. The summed E-state index contributed by atoms with van der Waals surface area (Å²) < 4.78 is 54.1. The minimum Gasteiger partial charge on any atom is -0.461 e. The second-order valence-corrected chi connectivity index (χ2v) is 14.4. The van der Waals surface area contributed by atoms with Crippen LogP contribution in [0, 0.1) is 28.9 Å². The number of halogens is 4. The molecule has 252 valence electrons. The molecule has 3 fully saturated rings. The highest BCUT2D eigenvalue weighted by atomic mass is 35.5. The van der Waals surface area contributed by atoms with E-state index < -0.39 is 23.3 Å². The third-order valence-corrected chi connectivity index (χ3v) is 11.5. The number of rotatable bonds is 6. The number of nitriles is 1. The molecule has 5 aromatic rings. The van der Waals surface area contributed by atoms with Gasteiger partial charge in [0.15, 0.2) is 5.82 Å². The zero-order valence-corrected chi connectivity index (χ0v) is 27.7. The molecule has 10 nitrogen and oxygen atoms in total. The SMILES string of the molecule is N#Cc1c(N)sc2c(F)ccc(-c3c(Cl)cc4c(N5CCC(C(=O)n6cccn6)CC5)nc(OC[C@@]56CCCN5C[C@H](F)C6)nc4c3F)c12. The van der Waals surface area contributed by atoms with Crippen molar-refractivity contribution in [3.05, 3.63) is 58.9 Å². The second-order valence-electron chi connectivity index (χ2n) is 12.9. The van der Waals surface area contributed by atoms with Gasteiger partial charge in [-0.3, -0.25) is 9.69 Å². The number of ether oxygens (including phenoxy) is 1. The van der Waals surface area contributed by atoms with Gasteiger partial charge in [0.2, 0.25) is 5.91 Å². The Balaban J connectivity index is 1.22. The Bertz CT molecular complexity index is 2160. The molecule has 0 saturated carbocycles. The van der Waals surface area contributed by atoms with E-state index in [-0.39, 0.29) is 66.8 Å². The average molecular weight is 707 g/mol. The number of alkyl halides is 1. The Morgan fingerprint density at radius 1 is 1.22 bits per heavy atom. The third kappa shape index (κ3) is 5.26. The van der Waals surface area contributed by atoms with Crippen LogP contribution in [-0.4, -0.2) is 75.1 Å². The van der Waals surface area contributed by atoms with Gasteiger partial charge in [0.25, 0.3) is 0 Å². The molecule has 3 aliphatic heterocycles. The van der Waals surface area contributed by atoms with Crippen molar-refractivity contribution in [1.82, 2.24) is 24.6 Å². The molecular weight excluding hydrogens is 677 g/mol. The first-order valence-electron chi connectivity index (χ1n) is 16.1. The summed E-state index contributed by atoms with van der Waals surface area (Å²) in [5.74, 6) is -1.36. The van der Waals surface area contributed by atoms with E-state index in [0.717, 1.165) is 30.7 Å². The van der Waals surface area contributed by atoms with Crippen molar-refractivity contribution in [2.24, 2.45) is 5.92 Å². The Morgan fingerprint density at radius 2 is 2.04 bits per heavy atom. The predicted octanol–water partition coefficient (Wildman–Crippen LogP) is 6.61. The number of anilines is 2. The van der Waals surface area contributed by atoms with Crippen molar-refractivity contribution in [3.63, 3.8) is 0 Å². The number of hydrogen-bond acceptors (Lipinski definition) is 10. The molecule has 49 heavy (non-hydrogen) atoms. The summed E-state index contributed by atoms with van der Waals surface area (Å²) in [6.07, 6.45) is 5.27. The van der Waals surface area contributed by atoms with E-state index in [2.05, 4.69) is 15.0 Å². The smallest absolute Gasteiger partial charge is 0.319 e. The largest absolute Gasteiger partial charge is 0.461 e. The summed E-state index contributed by atoms with van der Waals surface area (Å²) in [6.45, 7) is 2.13. The molecule has 3 aliphatic rings. The van der Waals surface area contributed by atoms with Crippen LogP contribution in [0.3, 0.4) is 0 Å². The van der Waals surface area contributed by atoms with E-state index in [1.165, 1.54) is 16.8 Å². The van der Waals surface area contributed by atoms with E-state index in [4.69, 9.17) is 27.1 Å². The van der Waals surface area contributed by atoms with E-state index >= 15 is 4.39 Å². The number of thiophene rings is 1. The Morgan fingerprint density at radius 3 is 2.80 bits per heavy atom. The molecule has 0 unspecified atom stereocenters. The average Bonchev–Trinajstić information content (AvgIpc) is 3.88. The Labute approximate surface area is 287 Å². The molecule has 0 amide bonds. The van der Waals surface area contributed by atoms with Crippen molar-refractivity contribution >= 4 is 60.7 Å². The summed E-state index contributed by atoms with van der Waals surface area (Å²) >= 11 is 7.74. The number of nitrogen functional groups attached to an aromatic ring is 1. The number of hydrogen-bond donors (Lipinski definition) is 1. The predicted molar refractivity (Wildman–Crippen MR) is 181 cm³/mol. The van der Waals surface area contributed by atoms with Gasteiger partial charge in [0.05, 0.1) is 20.8 Å². The zero-order valence-electron chi connectivity index (χ0n) is 26.1. The van der Waals surface area contributed by atoms with Crippen LogP contribution in [0.4, 0.5) is 24.0 Å². The van der Waals surface area contributed by atoms with Crippen LogP contribution in [0.2, 0.25) is 5.02 Å². The van der Waals surface area contributed by atoms with Gasteiger partial charge in [0.1, 0.15) is 41.0 Å². The van der Waals surface area contributed by atoms with Crippen LogP contribution in [0.15, 0.2) is 36.7 Å². The lowest BCUT2D eigenvalue weighted by Gasteiger charge is -2.33. The van der Waals surface area contributed by atoms with Crippen molar-refractivity contribution < 1.29 is 22.7 Å². The van der Waals surface area contributed by atoms with Crippen LogP contribution >= 0.6 is 22.9 Å². The standard InChI is InChI=1S/C34H30ClF3N8O2S/c35-23-13-21-28(27(38)26(23)20-3-4-24(37)29-25(20)22(15-39)30(40)49-29)42-33(48-17-34-7-1-9-45(34)16-19(36)14-34)43-31(21)44-11-5-18(6-12-44)32(47)46-10-2-8-41-46/h2-4,8,10,13,18-19H,1,5-7,9,11-12,14,16-17,40H2/t19-,34+/m1/s1. The van der Waals surface area contributed by atoms with E-state index in [1.807, 2.05) is 11.0 Å². The van der Waals surface area contributed by atoms with Crippen LogP contribution in [0.1, 0.15) is 42.5 Å². The minimum absolute atomic E-state index is 0.00858. The molecule has 0 spiro atoms. The minimum atomic E-state index is -0.957. The number of fused-ring (bicyclic) bond motifs is 3. The van der Waals surface area contributed by atoms with Gasteiger partial charge in [-0.15, -0.1) is 11.3 Å². The topological polar surface area (TPSA) is 126 Å². The molecule has 0 aliphatic carbocycles. The molecule has 6 heterocycles. The van der Waals surface area contributed by atoms with Crippen LogP contribution in [0.25, 0.3) is 32.1 Å². The number of aromatic nitrogens is 4. The van der Waals surface area contributed by atoms with Gasteiger partial charge in [0, 0.05) is 60.7 Å². The molecule has 15 heteroatoms. The molecule has 0 bridgehead atoms. The molecule has 3 aromatic heterocycles. The highest BCUT2D eigenvalue weighted by Crippen LogP contribution is 2.46. The first-order valence-corrected chi connectivity index (χ1v) is 17.3. The molecule has 2 N–H and O–H groups in total. The first-order chi connectivity index (χ1) is 23.7. The fraction of sp³-hybridized carbons (Fsp3) is 0.382. The molecule has 8 rings (SSSR count). The van der Waals surface area contributed by atoms with Gasteiger partial charge in [-0.05, 0) is 56.0 Å². The van der Waals surface area contributed by atoms with E-state index in [1.54, 1.807) is 24.5 Å². The number of carbonyl (C=O) groups is 1. The lowest BCUT2D eigenvalue weighted by atomic mass is 9.95. The van der Waals surface area contributed by atoms with Crippen molar-refractivity contribution in [1.29, 1.82) is 5.26 Å². The van der Waals surface area contributed by atoms with Gasteiger partial charge in [-0.1, -0.05) is 17.7 Å². The highest BCUT2D eigenvalue weighted by molar-refractivity contribution is 7.23. The van der Waals surface area contributed by atoms with Gasteiger partial charge in [-0.25, -0.2) is 17.9 Å². The maximum atomic E-state index is 17.0. The normalized spacial score (nSPS) is 21.4. The third-order valence-electron chi connectivity index (χ3n) is 10.1. The fourth-order valence-electron chi connectivity index (χ4n) is 7.79. The summed E-state index contributed by atoms with van der Waals surface area (Å²) in [4.78, 5) is 26.4. The van der Waals surface area contributed by atoms with Crippen LogP contribution in [0.5, 0.6) is 6.01 Å². The first kappa shape index (κ1) is 31.8. The highest BCUT2D eigenvalue weighted by Gasteiger charge is 2.49. The Hall–Kier alpha value is -4.45. The molecule has 3 saturated heterocycles. The van der Waals surface area contributed by atoms with Crippen molar-refractivity contribution in [2.75, 3.05) is 43.4 Å². The molecule has 2 atom stereocenters. The second kappa shape index (κ2) is 12.2. The van der Waals surface area contributed by atoms with Gasteiger partial charge < -0.3 is 15.4 Å². The number of nitrogens with two attached hydrogens (primary N) is 1. The quantitative estimate of drug-likeness (QED) is 0.208. The van der Waals surface area contributed by atoms with Crippen molar-refractivity contribution in [3.8, 4) is 23.2 Å². The molecule has 0 radical (unpaired) electrons. The van der Waals surface area contributed by atoms with Crippen molar-refractivity contribution in [2.45, 2.75) is 43.8 Å². The molecular formula is C34H30ClF3N8O2S. The summed E-state index contributed by atoms with van der Waals surface area (Å²) in [5, 5.41) is 14.6. The maximum Gasteiger partial charge on any atom is 0.319 e. The number of benzene rings is 2. The summed E-state index contributed by atoms with van der Waals surface area (Å²) in [7, 11) is 0. The maximum absolute atomic E-state index is 17.0. The monoisotopic (exact) mass is 706 g/mol. The molecule has 2 aromatic carbocycles. The number of carbonyl (C=O) groups excluding carboxylic acids is 1. The van der Waals surface area contributed by atoms with Crippen LogP contribution in [-0.2, 0) is 0 Å². The fourth-order valence-corrected chi connectivity index (χ4v) is 9.04. The number of nitrogens with zero attached hydrogens (tertiary/aromatic N) is 7. The van der Waals surface area contributed by atoms with E-state index in [9.17, 15) is 18.8 Å². The van der Waals surface area contributed by atoms with E-state index in [0.29, 0.717) is 50.1 Å².